The lowest BCUT2D eigenvalue weighted by atomic mass is 10.00. The zero-order valence-corrected chi connectivity index (χ0v) is 36.9. The largest absolute Gasteiger partial charge is 0.394 e. The highest BCUT2D eigenvalue weighted by atomic mass is 16.3. The fraction of sp³-hybridized carbons (Fsp3) is 0.820. The Balaban J connectivity index is 3.62. The van der Waals surface area contributed by atoms with Gasteiger partial charge < -0.3 is 25.7 Å². The summed E-state index contributed by atoms with van der Waals surface area (Å²) in [5.74, 6) is -0.600. The van der Waals surface area contributed by atoms with Crippen molar-refractivity contribution in [1.82, 2.24) is 5.32 Å². The number of allylic oxidation sites excluding steroid dienone is 8. The number of nitrogens with one attached hydrogen (secondary N) is 1. The van der Waals surface area contributed by atoms with E-state index in [1.807, 2.05) is 0 Å². The van der Waals surface area contributed by atoms with Gasteiger partial charge in [0, 0.05) is 0 Å². The summed E-state index contributed by atoms with van der Waals surface area (Å²) in [6.07, 6.45) is 54.6. The van der Waals surface area contributed by atoms with Gasteiger partial charge in [0.1, 0.15) is 12.2 Å². The summed E-state index contributed by atoms with van der Waals surface area (Å²) >= 11 is 0. The maximum absolute atomic E-state index is 12.5. The van der Waals surface area contributed by atoms with Gasteiger partial charge in [0.15, 0.2) is 0 Å². The lowest BCUT2D eigenvalue weighted by molar-refractivity contribution is -0.132. The van der Waals surface area contributed by atoms with Gasteiger partial charge in [0.2, 0.25) is 5.91 Å². The minimum atomic E-state index is -1.29. The van der Waals surface area contributed by atoms with Gasteiger partial charge in [-0.1, -0.05) is 204 Å². The van der Waals surface area contributed by atoms with Crippen molar-refractivity contribution < 1.29 is 25.2 Å². The molecule has 4 atom stereocenters. The van der Waals surface area contributed by atoms with Crippen LogP contribution in [-0.2, 0) is 4.79 Å². The monoisotopic (exact) mass is 788 g/mol. The number of carbonyl (C=O) groups excluding carboxylic acids is 1. The maximum atomic E-state index is 12.5. The summed E-state index contributed by atoms with van der Waals surface area (Å²) in [7, 11) is 0. The van der Waals surface area contributed by atoms with Gasteiger partial charge in [-0.3, -0.25) is 4.79 Å². The molecule has 0 aromatic rings. The molecule has 56 heavy (non-hydrogen) atoms. The van der Waals surface area contributed by atoms with Crippen LogP contribution in [0.5, 0.6) is 0 Å². The molecule has 6 heteroatoms. The van der Waals surface area contributed by atoms with Crippen molar-refractivity contribution in [3.05, 3.63) is 48.6 Å². The molecule has 0 bridgehead atoms. The standard InChI is InChI=1S/C50H93NO5/c1-3-5-7-9-11-13-15-16-17-18-19-20-21-22-23-24-25-26-27-28-29-30-31-32-33-34-36-38-40-42-44-48(54)50(56)51-46(45-52)49(55)47(53)43-41-39-37-35-14-12-10-8-6-4-2/h8,10,19-20,22-23,35,37,46-49,52-55H,3-7,9,11-18,21,24-34,36,38-45H2,1-2H3,(H,51,56)/b10-8+,20-19-,23-22-,37-35+. The molecule has 0 aliphatic rings. The molecule has 6 nitrogen and oxygen atoms in total. The summed E-state index contributed by atoms with van der Waals surface area (Å²) in [5, 5.41) is 43.5. The Bertz CT molecular complexity index is 930. The van der Waals surface area contributed by atoms with Crippen LogP contribution in [0.15, 0.2) is 48.6 Å². The van der Waals surface area contributed by atoms with Crippen molar-refractivity contribution in [1.29, 1.82) is 0 Å². The lowest BCUT2D eigenvalue weighted by Gasteiger charge is -2.27. The van der Waals surface area contributed by atoms with E-state index >= 15 is 0 Å². The Morgan fingerprint density at radius 3 is 1.30 bits per heavy atom. The molecule has 0 aromatic carbocycles. The highest BCUT2D eigenvalue weighted by molar-refractivity contribution is 5.80. The van der Waals surface area contributed by atoms with Crippen molar-refractivity contribution in [3.8, 4) is 0 Å². The van der Waals surface area contributed by atoms with Crippen LogP contribution < -0.4 is 5.32 Å². The molecule has 0 spiro atoms. The Morgan fingerprint density at radius 2 is 0.839 bits per heavy atom. The molecular weight excluding hydrogens is 695 g/mol. The van der Waals surface area contributed by atoms with Gasteiger partial charge in [-0.2, -0.15) is 0 Å². The number of hydrogen-bond donors (Lipinski definition) is 5. The molecule has 0 aliphatic heterocycles. The Hall–Kier alpha value is -1.73. The van der Waals surface area contributed by atoms with Gasteiger partial charge in [0.25, 0.3) is 0 Å². The number of amides is 1. The molecule has 5 N–H and O–H groups in total. The van der Waals surface area contributed by atoms with E-state index in [0.717, 1.165) is 51.4 Å². The molecule has 328 valence electrons. The van der Waals surface area contributed by atoms with Crippen LogP contribution in [0.4, 0.5) is 0 Å². The quantitative estimate of drug-likeness (QED) is 0.0312. The molecule has 1 amide bonds. The van der Waals surface area contributed by atoms with E-state index in [4.69, 9.17) is 0 Å². The first-order valence-electron chi connectivity index (χ1n) is 24.0. The van der Waals surface area contributed by atoms with Gasteiger partial charge in [-0.05, 0) is 77.0 Å². The first-order valence-corrected chi connectivity index (χ1v) is 24.0. The number of rotatable bonds is 43. The van der Waals surface area contributed by atoms with Crippen molar-refractivity contribution in [2.24, 2.45) is 0 Å². The summed E-state index contributed by atoms with van der Waals surface area (Å²) < 4.78 is 0. The molecule has 0 aromatic heterocycles. The topological polar surface area (TPSA) is 110 Å². The number of aliphatic hydroxyl groups excluding tert-OH is 4. The van der Waals surface area contributed by atoms with E-state index in [9.17, 15) is 25.2 Å². The average molecular weight is 788 g/mol. The van der Waals surface area contributed by atoms with Crippen LogP contribution in [0, 0.1) is 0 Å². The maximum Gasteiger partial charge on any atom is 0.249 e. The number of carbonyl (C=O) groups is 1. The first-order chi connectivity index (χ1) is 27.5. The first kappa shape index (κ1) is 54.3. The number of hydrogen-bond acceptors (Lipinski definition) is 5. The van der Waals surface area contributed by atoms with Crippen LogP contribution in [-0.4, -0.2) is 57.3 Å². The van der Waals surface area contributed by atoms with Gasteiger partial charge >= 0.3 is 0 Å². The van der Waals surface area contributed by atoms with E-state index in [2.05, 4.69) is 67.8 Å². The second-order valence-electron chi connectivity index (χ2n) is 16.4. The normalized spacial score (nSPS) is 14.5. The van der Waals surface area contributed by atoms with Crippen molar-refractivity contribution in [2.75, 3.05) is 6.61 Å². The van der Waals surface area contributed by atoms with E-state index in [1.165, 1.54) is 148 Å². The molecule has 0 heterocycles. The van der Waals surface area contributed by atoms with Gasteiger partial charge in [-0.25, -0.2) is 0 Å². The predicted molar refractivity (Wildman–Crippen MR) is 242 cm³/mol. The highest BCUT2D eigenvalue weighted by Gasteiger charge is 2.28. The fourth-order valence-electron chi connectivity index (χ4n) is 7.16. The molecular formula is C50H93NO5. The van der Waals surface area contributed by atoms with Crippen LogP contribution in [0.1, 0.15) is 232 Å². The molecule has 0 saturated carbocycles. The lowest BCUT2D eigenvalue weighted by Crippen LogP contribution is -2.53. The third-order valence-electron chi connectivity index (χ3n) is 11.0. The zero-order chi connectivity index (χ0) is 41.0. The van der Waals surface area contributed by atoms with E-state index in [1.54, 1.807) is 0 Å². The minimum Gasteiger partial charge on any atom is -0.394 e. The zero-order valence-electron chi connectivity index (χ0n) is 36.9. The third-order valence-corrected chi connectivity index (χ3v) is 11.0. The second kappa shape index (κ2) is 44.4. The predicted octanol–water partition coefficient (Wildman–Crippen LogP) is 13.1. The highest BCUT2D eigenvalue weighted by Crippen LogP contribution is 2.16. The van der Waals surface area contributed by atoms with Gasteiger partial charge in [-0.15, -0.1) is 0 Å². The Morgan fingerprint density at radius 1 is 0.446 bits per heavy atom. The van der Waals surface area contributed by atoms with Crippen molar-refractivity contribution in [2.45, 2.75) is 257 Å². The molecule has 4 unspecified atom stereocenters. The van der Waals surface area contributed by atoms with Crippen LogP contribution in [0.25, 0.3) is 0 Å². The second-order valence-corrected chi connectivity index (χ2v) is 16.4. The molecule has 0 rings (SSSR count). The van der Waals surface area contributed by atoms with Gasteiger partial charge in [0.05, 0.1) is 18.8 Å². The van der Waals surface area contributed by atoms with Crippen LogP contribution in [0.2, 0.25) is 0 Å². The summed E-state index contributed by atoms with van der Waals surface area (Å²) in [5.41, 5.74) is 0. The van der Waals surface area contributed by atoms with E-state index in [-0.39, 0.29) is 0 Å². The summed E-state index contributed by atoms with van der Waals surface area (Å²) in [6, 6.07) is -1.01. The van der Waals surface area contributed by atoms with Crippen LogP contribution >= 0.6 is 0 Å². The molecule has 0 aliphatic carbocycles. The molecule has 0 radical (unpaired) electrons. The summed E-state index contributed by atoms with van der Waals surface area (Å²) in [4.78, 5) is 12.5. The van der Waals surface area contributed by atoms with Crippen molar-refractivity contribution in [3.63, 3.8) is 0 Å². The Labute approximate surface area is 347 Å². The molecule has 0 fully saturated rings. The molecule has 0 saturated heterocycles. The van der Waals surface area contributed by atoms with E-state index < -0.39 is 36.9 Å². The van der Waals surface area contributed by atoms with Crippen LogP contribution in [0.3, 0.4) is 0 Å². The third kappa shape index (κ3) is 37.8. The Kier molecular flexibility index (Phi) is 43.0. The average Bonchev–Trinajstić information content (AvgIpc) is 3.20. The smallest absolute Gasteiger partial charge is 0.249 e. The summed E-state index contributed by atoms with van der Waals surface area (Å²) in [6.45, 7) is 3.95. The minimum absolute atomic E-state index is 0.358. The number of unbranched alkanes of at least 4 members (excludes halogenated alkanes) is 26. The fourth-order valence-corrected chi connectivity index (χ4v) is 7.16. The van der Waals surface area contributed by atoms with E-state index in [0.29, 0.717) is 19.3 Å². The SMILES string of the molecule is CCC/C=C/CC/C=C/CCCC(O)C(O)C(CO)NC(=O)C(O)CCCCCCCCCCCCCCCC/C=C\C/C=C\CCCCCCCCCCC. The number of aliphatic hydroxyl groups is 4. The van der Waals surface area contributed by atoms with Crippen molar-refractivity contribution >= 4 is 5.91 Å².